The molecule has 0 saturated heterocycles. The summed E-state index contributed by atoms with van der Waals surface area (Å²) in [7, 11) is 1.59. The molecule has 0 amide bonds. The van der Waals surface area contributed by atoms with Gasteiger partial charge >= 0.3 is 0 Å². The molecule has 9 nitrogen and oxygen atoms in total. The van der Waals surface area contributed by atoms with E-state index in [2.05, 4.69) is 36.8 Å². The SMILES string of the molecule is COCc1nc2ccc(C#CC(C)(O)c3nccs3)cc2n1-c1ncnc(N)n1. The molecule has 1 unspecified atom stereocenters. The molecule has 0 radical (unpaired) electrons. The summed E-state index contributed by atoms with van der Waals surface area (Å²) in [5.74, 6) is 6.96. The maximum absolute atomic E-state index is 10.6. The van der Waals surface area contributed by atoms with Gasteiger partial charge in [0.05, 0.1) is 11.0 Å². The minimum atomic E-state index is -1.34. The molecular weight excluding hydrogens is 390 g/mol. The van der Waals surface area contributed by atoms with Gasteiger partial charge in [-0.1, -0.05) is 11.8 Å². The van der Waals surface area contributed by atoms with Crippen LogP contribution in [0.5, 0.6) is 0 Å². The Hall–Kier alpha value is -3.39. The number of nitrogens with zero attached hydrogens (tertiary/aromatic N) is 6. The summed E-state index contributed by atoms with van der Waals surface area (Å²) in [5.41, 5.74) is 6.55. The van der Waals surface area contributed by atoms with Gasteiger partial charge in [0.1, 0.15) is 23.8 Å². The molecule has 0 spiro atoms. The van der Waals surface area contributed by atoms with E-state index in [1.807, 2.05) is 18.2 Å². The number of methoxy groups -OCH3 is 1. The van der Waals surface area contributed by atoms with Crippen molar-refractivity contribution in [2.24, 2.45) is 0 Å². The third-order valence-corrected chi connectivity index (χ3v) is 5.06. The summed E-state index contributed by atoms with van der Waals surface area (Å²) in [6.45, 7) is 1.88. The molecular formula is C19H17N7O2S. The van der Waals surface area contributed by atoms with E-state index in [0.717, 1.165) is 11.0 Å². The number of nitrogen functional groups attached to an aromatic ring is 1. The first-order valence-corrected chi connectivity index (χ1v) is 9.46. The highest BCUT2D eigenvalue weighted by atomic mass is 32.1. The molecule has 29 heavy (non-hydrogen) atoms. The minimum absolute atomic E-state index is 0.107. The highest BCUT2D eigenvalue weighted by molar-refractivity contribution is 7.09. The summed E-state index contributed by atoms with van der Waals surface area (Å²) in [6, 6.07) is 5.53. The van der Waals surface area contributed by atoms with Crippen LogP contribution in [0, 0.1) is 11.8 Å². The van der Waals surface area contributed by atoms with Crippen molar-refractivity contribution in [1.29, 1.82) is 0 Å². The average molecular weight is 407 g/mol. The fourth-order valence-electron chi connectivity index (χ4n) is 2.77. The fraction of sp³-hybridized carbons (Fsp3) is 0.211. The Balaban J connectivity index is 1.82. The van der Waals surface area contributed by atoms with Crippen molar-refractivity contribution in [1.82, 2.24) is 29.5 Å². The normalized spacial score (nSPS) is 13.1. The van der Waals surface area contributed by atoms with E-state index in [4.69, 9.17) is 10.5 Å². The molecule has 10 heteroatoms. The molecule has 0 bridgehead atoms. The number of fused-ring (bicyclic) bond motifs is 1. The Morgan fingerprint density at radius 1 is 1.28 bits per heavy atom. The van der Waals surface area contributed by atoms with Crippen molar-refractivity contribution in [3.63, 3.8) is 0 Å². The van der Waals surface area contributed by atoms with Crippen LogP contribution in [0.15, 0.2) is 36.1 Å². The van der Waals surface area contributed by atoms with Crippen LogP contribution in [0.4, 0.5) is 5.95 Å². The van der Waals surface area contributed by atoms with Crippen LogP contribution in [0.1, 0.15) is 23.3 Å². The van der Waals surface area contributed by atoms with Crippen molar-refractivity contribution < 1.29 is 9.84 Å². The molecule has 3 heterocycles. The highest BCUT2D eigenvalue weighted by Crippen LogP contribution is 2.23. The van der Waals surface area contributed by atoms with Gasteiger partial charge in [-0.25, -0.2) is 19.9 Å². The molecule has 1 aromatic carbocycles. The summed E-state index contributed by atoms with van der Waals surface area (Å²) in [6.07, 6.45) is 2.98. The third-order valence-electron chi connectivity index (χ3n) is 4.07. The quantitative estimate of drug-likeness (QED) is 0.489. The number of hydrogen-bond donors (Lipinski definition) is 2. The Kier molecular flexibility index (Phi) is 4.94. The van der Waals surface area contributed by atoms with E-state index in [9.17, 15) is 5.11 Å². The molecule has 4 rings (SSSR count). The van der Waals surface area contributed by atoms with E-state index in [-0.39, 0.29) is 12.6 Å². The zero-order valence-corrected chi connectivity index (χ0v) is 16.5. The maximum Gasteiger partial charge on any atom is 0.240 e. The van der Waals surface area contributed by atoms with Crippen LogP contribution in [0.2, 0.25) is 0 Å². The van der Waals surface area contributed by atoms with Crippen LogP contribution in [0.25, 0.3) is 17.0 Å². The van der Waals surface area contributed by atoms with Crippen LogP contribution < -0.4 is 5.73 Å². The Morgan fingerprint density at radius 2 is 2.14 bits per heavy atom. The smallest absolute Gasteiger partial charge is 0.240 e. The van der Waals surface area contributed by atoms with Crippen molar-refractivity contribution in [3.05, 3.63) is 52.5 Å². The first kappa shape index (κ1) is 18.9. The van der Waals surface area contributed by atoms with Gasteiger partial charge in [0, 0.05) is 24.3 Å². The lowest BCUT2D eigenvalue weighted by atomic mass is 10.1. The second-order valence-electron chi connectivity index (χ2n) is 6.30. The summed E-state index contributed by atoms with van der Waals surface area (Å²) in [5, 5.41) is 12.9. The number of anilines is 1. The van der Waals surface area contributed by atoms with Gasteiger partial charge in [-0.05, 0) is 25.1 Å². The lowest BCUT2D eigenvalue weighted by molar-refractivity contribution is 0.122. The lowest BCUT2D eigenvalue weighted by Crippen LogP contribution is -2.17. The summed E-state index contributed by atoms with van der Waals surface area (Å²) >= 11 is 1.35. The van der Waals surface area contributed by atoms with E-state index in [0.29, 0.717) is 22.3 Å². The number of aliphatic hydroxyl groups is 1. The van der Waals surface area contributed by atoms with Crippen molar-refractivity contribution >= 4 is 28.3 Å². The number of ether oxygens (including phenoxy) is 1. The van der Waals surface area contributed by atoms with E-state index in [1.54, 1.807) is 30.2 Å². The van der Waals surface area contributed by atoms with E-state index in [1.165, 1.54) is 17.7 Å². The molecule has 0 fully saturated rings. The largest absolute Gasteiger partial charge is 0.377 e. The molecule has 0 aliphatic rings. The standard InChI is InChI=1S/C19H17N7O2S/c1-19(27,16-21-7-8-29-16)6-5-12-3-4-13-14(9-12)26(15(24-13)10-28-2)18-23-11-22-17(20)25-18/h3-4,7-9,11,27H,10H2,1-2H3,(H2,20,22,23,25). The second kappa shape index (κ2) is 7.56. The number of imidazole rings is 1. The molecule has 146 valence electrons. The summed E-state index contributed by atoms with van der Waals surface area (Å²) in [4.78, 5) is 21.0. The predicted octanol–water partition coefficient (Wildman–Crippen LogP) is 1.65. The number of thiazole rings is 1. The zero-order valence-electron chi connectivity index (χ0n) is 15.7. The first-order valence-electron chi connectivity index (χ1n) is 8.58. The molecule has 1 atom stereocenters. The van der Waals surface area contributed by atoms with Crippen molar-refractivity contribution in [2.45, 2.75) is 19.1 Å². The second-order valence-corrected chi connectivity index (χ2v) is 7.20. The van der Waals surface area contributed by atoms with Gasteiger partial charge in [-0.3, -0.25) is 4.57 Å². The van der Waals surface area contributed by atoms with Crippen LogP contribution in [0.3, 0.4) is 0 Å². The van der Waals surface area contributed by atoms with Crippen LogP contribution in [-0.2, 0) is 16.9 Å². The van der Waals surface area contributed by atoms with Gasteiger partial charge in [-0.15, -0.1) is 11.3 Å². The van der Waals surface area contributed by atoms with Crippen molar-refractivity contribution in [2.75, 3.05) is 12.8 Å². The maximum atomic E-state index is 10.6. The van der Waals surface area contributed by atoms with Crippen LogP contribution >= 0.6 is 11.3 Å². The van der Waals surface area contributed by atoms with E-state index < -0.39 is 5.60 Å². The Labute approximate surface area is 170 Å². The number of benzene rings is 1. The predicted molar refractivity (Wildman–Crippen MR) is 108 cm³/mol. The molecule has 4 aromatic rings. The molecule has 3 aromatic heterocycles. The Bertz CT molecular complexity index is 1220. The number of aromatic nitrogens is 6. The van der Waals surface area contributed by atoms with Gasteiger partial charge in [0.15, 0.2) is 5.60 Å². The number of rotatable bonds is 4. The highest BCUT2D eigenvalue weighted by Gasteiger charge is 2.23. The first-order chi connectivity index (χ1) is 14.0. The number of hydrogen-bond acceptors (Lipinski definition) is 9. The van der Waals surface area contributed by atoms with Gasteiger partial charge in [-0.2, -0.15) is 4.98 Å². The van der Waals surface area contributed by atoms with E-state index >= 15 is 0 Å². The third kappa shape index (κ3) is 3.79. The molecule has 0 aliphatic heterocycles. The lowest BCUT2D eigenvalue weighted by Gasteiger charge is -2.11. The Morgan fingerprint density at radius 3 is 2.86 bits per heavy atom. The number of nitrogens with two attached hydrogens (primary N) is 1. The zero-order chi connectivity index (χ0) is 20.4. The molecule has 0 aliphatic carbocycles. The molecule has 0 saturated carbocycles. The van der Waals surface area contributed by atoms with Gasteiger partial charge in [0.2, 0.25) is 11.9 Å². The van der Waals surface area contributed by atoms with Gasteiger partial charge in [0.25, 0.3) is 0 Å². The van der Waals surface area contributed by atoms with Crippen molar-refractivity contribution in [3.8, 4) is 17.8 Å². The average Bonchev–Trinajstić information content (AvgIpc) is 3.35. The monoisotopic (exact) mass is 407 g/mol. The minimum Gasteiger partial charge on any atom is -0.377 e. The molecule has 3 N–H and O–H groups in total. The summed E-state index contributed by atoms with van der Waals surface area (Å²) < 4.78 is 7.01. The van der Waals surface area contributed by atoms with Crippen LogP contribution in [-0.4, -0.2) is 41.7 Å². The fourth-order valence-corrected chi connectivity index (χ4v) is 3.42. The van der Waals surface area contributed by atoms with Gasteiger partial charge < -0.3 is 15.6 Å². The topological polar surface area (TPSA) is 125 Å².